The molecule has 20 heavy (non-hydrogen) atoms. The maximum atomic E-state index is 6.17. The molecule has 1 aliphatic carbocycles. The molecule has 1 unspecified atom stereocenters. The van der Waals surface area contributed by atoms with Gasteiger partial charge < -0.3 is 9.16 Å². The summed E-state index contributed by atoms with van der Waals surface area (Å²) in [4.78, 5) is 0. The van der Waals surface area contributed by atoms with Gasteiger partial charge in [0.15, 0.2) is 0 Å². The summed E-state index contributed by atoms with van der Waals surface area (Å²) >= 11 is 0. The third-order valence-electron chi connectivity index (χ3n) is 3.49. The van der Waals surface area contributed by atoms with Gasteiger partial charge in [0.1, 0.15) is 5.75 Å². The van der Waals surface area contributed by atoms with Gasteiger partial charge in [-0.15, -0.1) is 0 Å². The zero-order chi connectivity index (χ0) is 14.6. The van der Waals surface area contributed by atoms with Gasteiger partial charge in [-0.3, -0.25) is 0 Å². The second kappa shape index (κ2) is 6.49. The van der Waals surface area contributed by atoms with E-state index in [0.29, 0.717) is 5.92 Å². The molecule has 0 aliphatic heterocycles. The highest BCUT2D eigenvalue weighted by Crippen LogP contribution is 2.29. The van der Waals surface area contributed by atoms with Crippen LogP contribution in [0.5, 0.6) is 5.75 Å². The number of benzene rings is 1. The van der Waals surface area contributed by atoms with Gasteiger partial charge in [-0.25, -0.2) is 0 Å². The SMILES string of the molecule is COc1cccc(CC2C=C(O[Si](C)(C)C)CCC2)c1. The Labute approximate surface area is 123 Å². The topological polar surface area (TPSA) is 18.5 Å². The Hall–Kier alpha value is -1.22. The molecule has 2 nitrogen and oxygen atoms in total. The highest BCUT2D eigenvalue weighted by Gasteiger charge is 2.21. The van der Waals surface area contributed by atoms with E-state index < -0.39 is 8.32 Å². The Kier molecular flexibility index (Phi) is 4.92. The number of methoxy groups -OCH3 is 1. The van der Waals surface area contributed by atoms with Gasteiger partial charge >= 0.3 is 0 Å². The third-order valence-corrected chi connectivity index (χ3v) is 4.36. The Balaban J connectivity index is 2.03. The van der Waals surface area contributed by atoms with Crippen LogP contribution in [0.25, 0.3) is 0 Å². The smallest absolute Gasteiger partial charge is 0.241 e. The summed E-state index contributed by atoms with van der Waals surface area (Å²) < 4.78 is 11.5. The van der Waals surface area contributed by atoms with Crippen LogP contribution >= 0.6 is 0 Å². The molecule has 1 aromatic carbocycles. The lowest BCUT2D eigenvalue weighted by atomic mass is 9.89. The summed E-state index contributed by atoms with van der Waals surface area (Å²) in [6.45, 7) is 6.75. The maximum Gasteiger partial charge on any atom is 0.241 e. The molecule has 0 spiro atoms. The summed E-state index contributed by atoms with van der Waals surface area (Å²) in [6, 6.07) is 8.39. The van der Waals surface area contributed by atoms with Gasteiger partial charge in [-0.2, -0.15) is 0 Å². The predicted octanol–water partition coefficient (Wildman–Crippen LogP) is 4.77. The van der Waals surface area contributed by atoms with Crippen molar-refractivity contribution >= 4 is 8.32 Å². The fourth-order valence-electron chi connectivity index (χ4n) is 2.71. The normalized spacial score (nSPS) is 19.4. The van der Waals surface area contributed by atoms with Gasteiger partial charge in [0, 0.05) is 6.42 Å². The van der Waals surface area contributed by atoms with Crippen molar-refractivity contribution in [2.24, 2.45) is 5.92 Å². The van der Waals surface area contributed by atoms with Crippen LogP contribution < -0.4 is 4.74 Å². The van der Waals surface area contributed by atoms with E-state index in [4.69, 9.17) is 9.16 Å². The molecule has 0 bridgehead atoms. The summed E-state index contributed by atoms with van der Waals surface area (Å²) in [6.07, 6.45) is 7.05. The van der Waals surface area contributed by atoms with Crippen LogP contribution in [0.3, 0.4) is 0 Å². The van der Waals surface area contributed by atoms with Crippen LogP contribution in [0.4, 0.5) is 0 Å². The van der Waals surface area contributed by atoms with E-state index in [2.05, 4.69) is 43.9 Å². The average Bonchev–Trinajstić information content (AvgIpc) is 2.37. The molecule has 0 heterocycles. The molecular formula is C17H26O2Si. The molecular weight excluding hydrogens is 264 g/mol. The van der Waals surface area contributed by atoms with E-state index in [-0.39, 0.29) is 0 Å². The average molecular weight is 290 g/mol. The Morgan fingerprint density at radius 2 is 2.05 bits per heavy atom. The zero-order valence-electron chi connectivity index (χ0n) is 13.1. The van der Waals surface area contributed by atoms with Crippen LogP contribution in [0.15, 0.2) is 36.1 Å². The molecule has 1 atom stereocenters. The Bertz CT molecular complexity index is 474. The molecule has 1 aromatic rings. The Morgan fingerprint density at radius 3 is 2.75 bits per heavy atom. The molecule has 110 valence electrons. The van der Waals surface area contributed by atoms with Crippen LogP contribution in [0, 0.1) is 5.92 Å². The maximum absolute atomic E-state index is 6.17. The predicted molar refractivity (Wildman–Crippen MR) is 86.6 cm³/mol. The van der Waals surface area contributed by atoms with Crippen LogP contribution in [0.2, 0.25) is 19.6 Å². The number of hydrogen-bond acceptors (Lipinski definition) is 2. The van der Waals surface area contributed by atoms with Crippen molar-refractivity contribution in [1.29, 1.82) is 0 Å². The fraction of sp³-hybridized carbons (Fsp3) is 0.529. The standard InChI is InChI=1S/C17H26O2Si/c1-18-16-9-5-7-14(12-16)11-15-8-6-10-17(13-15)19-20(2,3)4/h5,7,9,12-13,15H,6,8,10-11H2,1-4H3. The monoisotopic (exact) mass is 290 g/mol. The summed E-state index contributed by atoms with van der Waals surface area (Å²) in [5.41, 5.74) is 1.35. The first kappa shape index (κ1) is 15.2. The second-order valence-electron chi connectivity index (χ2n) is 6.56. The second-order valence-corrected chi connectivity index (χ2v) is 11.0. The van der Waals surface area contributed by atoms with Crippen molar-refractivity contribution in [2.45, 2.75) is 45.3 Å². The van der Waals surface area contributed by atoms with Gasteiger partial charge in [0.25, 0.3) is 0 Å². The van der Waals surface area contributed by atoms with Gasteiger partial charge in [-0.1, -0.05) is 12.1 Å². The van der Waals surface area contributed by atoms with E-state index in [1.807, 2.05) is 6.07 Å². The first-order valence-electron chi connectivity index (χ1n) is 7.49. The van der Waals surface area contributed by atoms with Crippen LogP contribution in [-0.4, -0.2) is 15.4 Å². The molecule has 0 amide bonds. The van der Waals surface area contributed by atoms with Crippen LogP contribution in [-0.2, 0) is 10.8 Å². The van der Waals surface area contributed by atoms with Crippen molar-refractivity contribution in [1.82, 2.24) is 0 Å². The first-order valence-corrected chi connectivity index (χ1v) is 10.9. The lowest BCUT2D eigenvalue weighted by Crippen LogP contribution is -2.26. The van der Waals surface area contributed by atoms with E-state index >= 15 is 0 Å². The van der Waals surface area contributed by atoms with Crippen molar-refractivity contribution < 1.29 is 9.16 Å². The molecule has 0 aromatic heterocycles. The molecule has 3 heteroatoms. The quantitative estimate of drug-likeness (QED) is 0.727. The molecule has 0 fully saturated rings. The summed E-state index contributed by atoms with van der Waals surface area (Å²) in [5, 5.41) is 0. The van der Waals surface area contributed by atoms with E-state index in [9.17, 15) is 0 Å². The minimum Gasteiger partial charge on any atom is -0.548 e. The minimum absolute atomic E-state index is 0.599. The Morgan fingerprint density at radius 1 is 1.25 bits per heavy atom. The zero-order valence-corrected chi connectivity index (χ0v) is 14.1. The lowest BCUT2D eigenvalue weighted by Gasteiger charge is -2.27. The molecule has 2 rings (SSSR count). The number of rotatable bonds is 5. The van der Waals surface area contributed by atoms with Gasteiger partial charge in [0.05, 0.1) is 12.9 Å². The molecule has 0 N–H and O–H groups in total. The highest BCUT2D eigenvalue weighted by molar-refractivity contribution is 6.70. The third kappa shape index (κ3) is 4.71. The largest absolute Gasteiger partial charge is 0.548 e. The van der Waals surface area contributed by atoms with Crippen molar-refractivity contribution in [2.75, 3.05) is 7.11 Å². The van der Waals surface area contributed by atoms with E-state index in [0.717, 1.165) is 18.6 Å². The first-order chi connectivity index (χ1) is 9.46. The van der Waals surface area contributed by atoms with E-state index in [1.165, 1.54) is 24.2 Å². The van der Waals surface area contributed by atoms with Crippen molar-refractivity contribution in [3.8, 4) is 5.75 Å². The van der Waals surface area contributed by atoms with Crippen molar-refractivity contribution in [3.05, 3.63) is 41.7 Å². The minimum atomic E-state index is -1.47. The summed E-state index contributed by atoms with van der Waals surface area (Å²) in [5.74, 6) is 2.77. The molecule has 0 saturated heterocycles. The molecule has 1 aliphatic rings. The lowest BCUT2D eigenvalue weighted by molar-refractivity contribution is 0.357. The molecule has 0 radical (unpaired) electrons. The van der Waals surface area contributed by atoms with Gasteiger partial charge in [0.2, 0.25) is 8.32 Å². The van der Waals surface area contributed by atoms with Crippen molar-refractivity contribution in [3.63, 3.8) is 0 Å². The van der Waals surface area contributed by atoms with Crippen LogP contribution in [0.1, 0.15) is 24.8 Å². The highest BCUT2D eigenvalue weighted by atomic mass is 28.4. The number of hydrogen-bond donors (Lipinski definition) is 0. The molecule has 0 saturated carbocycles. The van der Waals surface area contributed by atoms with E-state index in [1.54, 1.807) is 7.11 Å². The summed E-state index contributed by atoms with van der Waals surface area (Å²) in [7, 11) is 0.252. The van der Waals surface area contributed by atoms with Gasteiger partial charge in [-0.05, 0) is 68.6 Å². The fourth-order valence-corrected chi connectivity index (χ4v) is 3.67. The number of allylic oxidation sites excluding steroid dienone is 2. The number of ether oxygens (including phenoxy) is 1.